The summed E-state index contributed by atoms with van der Waals surface area (Å²) in [6, 6.07) is 0. The number of rotatable bonds is 7. The van der Waals surface area contributed by atoms with Gasteiger partial charge in [-0.3, -0.25) is 9.98 Å². The molecule has 0 saturated carbocycles. The third-order valence-corrected chi connectivity index (χ3v) is 6.17. The molecule has 0 bridgehead atoms. The van der Waals surface area contributed by atoms with E-state index in [1.54, 1.807) is 0 Å². The Kier molecular flexibility index (Phi) is 9.57. The molecular weight excluding hydrogens is 340 g/mol. The summed E-state index contributed by atoms with van der Waals surface area (Å²) in [5, 5.41) is 0. The van der Waals surface area contributed by atoms with Crippen LogP contribution in [0.1, 0.15) is 25.7 Å². The maximum Gasteiger partial charge on any atom is 0.191 e. The predicted octanol–water partition coefficient (Wildman–Crippen LogP) is 1.27. The average Bonchev–Trinajstić information content (AvgIpc) is 2.65. The Bertz CT molecular complexity index is 365. The van der Waals surface area contributed by atoms with Crippen LogP contribution in [0.2, 0.25) is 0 Å². The highest BCUT2D eigenvalue weighted by Crippen LogP contribution is 2.09. The summed E-state index contributed by atoms with van der Waals surface area (Å²) in [7, 11) is 0. The molecule has 2 saturated heterocycles. The van der Waals surface area contributed by atoms with Crippen molar-refractivity contribution in [3.63, 3.8) is 0 Å². The van der Waals surface area contributed by atoms with Gasteiger partial charge in [-0.2, -0.15) is 23.5 Å². The zero-order chi connectivity index (χ0) is 17.0. The van der Waals surface area contributed by atoms with Gasteiger partial charge in [0.25, 0.3) is 0 Å². The maximum absolute atomic E-state index is 6.04. The molecule has 0 aromatic rings. The van der Waals surface area contributed by atoms with E-state index in [2.05, 4.69) is 19.8 Å². The first-order valence-electron chi connectivity index (χ1n) is 9.02. The number of thioether (sulfide) groups is 2. The minimum Gasteiger partial charge on any atom is -0.370 e. The smallest absolute Gasteiger partial charge is 0.191 e. The van der Waals surface area contributed by atoms with Crippen LogP contribution in [0.25, 0.3) is 0 Å². The first kappa shape index (κ1) is 19.6. The molecular formula is C16H32N6S2. The molecule has 2 aliphatic rings. The van der Waals surface area contributed by atoms with Gasteiger partial charge in [-0.1, -0.05) is 12.8 Å². The summed E-state index contributed by atoms with van der Waals surface area (Å²) < 4.78 is 0. The van der Waals surface area contributed by atoms with Crippen molar-refractivity contribution in [2.75, 3.05) is 62.3 Å². The predicted molar refractivity (Wildman–Crippen MR) is 109 cm³/mol. The molecule has 0 radical (unpaired) electrons. The monoisotopic (exact) mass is 372 g/mol. The number of hydrogen-bond acceptors (Lipinski definition) is 4. The molecule has 24 heavy (non-hydrogen) atoms. The van der Waals surface area contributed by atoms with Gasteiger partial charge in [0, 0.05) is 62.3 Å². The van der Waals surface area contributed by atoms with Gasteiger partial charge < -0.3 is 21.3 Å². The highest BCUT2D eigenvalue weighted by atomic mass is 32.2. The SMILES string of the molecule is NC(=NCCCCCCN=C(N)N1CCSCC1)N1CCSCC1. The molecule has 4 N–H and O–H groups in total. The van der Waals surface area contributed by atoms with Crippen LogP contribution in [0.3, 0.4) is 0 Å². The fraction of sp³-hybridized carbons (Fsp3) is 0.875. The molecule has 0 atom stereocenters. The number of nitrogens with two attached hydrogens (primary N) is 2. The van der Waals surface area contributed by atoms with E-state index in [-0.39, 0.29) is 0 Å². The molecule has 2 rings (SSSR count). The van der Waals surface area contributed by atoms with Crippen LogP contribution < -0.4 is 11.5 Å². The second-order valence-electron chi connectivity index (χ2n) is 6.09. The van der Waals surface area contributed by atoms with Gasteiger partial charge in [0.05, 0.1) is 0 Å². The van der Waals surface area contributed by atoms with Gasteiger partial charge in [-0.05, 0) is 12.8 Å². The highest BCUT2D eigenvalue weighted by Gasteiger charge is 2.12. The lowest BCUT2D eigenvalue weighted by Crippen LogP contribution is -2.42. The van der Waals surface area contributed by atoms with Crippen LogP contribution in [-0.2, 0) is 0 Å². The summed E-state index contributed by atoms with van der Waals surface area (Å²) in [6.45, 7) is 5.83. The minimum atomic E-state index is 0.729. The van der Waals surface area contributed by atoms with Crippen LogP contribution in [0.15, 0.2) is 9.98 Å². The number of unbranched alkanes of at least 4 members (excludes halogenated alkanes) is 3. The van der Waals surface area contributed by atoms with Crippen molar-refractivity contribution in [2.45, 2.75) is 25.7 Å². The lowest BCUT2D eigenvalue weighted by atomic mass is 10.2. The fourth-order valence-corrected chi connectivity index (χ4v) is 4.56. The van der Waals surface area contributed by atoms with Crippen molar-refractivity contribution in [3.05, 3.63) is 0 Å². The van der Waals surface area contributed by atoms with E-state index in [1.807, 2.05) is 23.5 Å². The van der Waals surface area contributed by atoms with Crippen LogP contribution in [0.4, 0.5) is 0 Å². The van der Waals surface area contributed by atoms with E-state index in [1.165, 1.54) is 12.8 Å². The van der Waals surface area contributed by atoms with Gasteiger partial charge in [-0.15, -0.1) is 0 Å². The Hall–Kier alpha value is -0.760. The largest absolute Gasteiger partial charge is 0.370 e. The third kappa shape index (κ3) is 7.42. The van der Waals surface area contributed by atoms with E-state index in [0.29, 0.717) is 0 Å². The van der Waals surface area contributed by atoms with Crippen molar-refractivity contribution < 1.29 is 0 Å². The topological polar surface area (TPSA) is 83.2 Å². The fourth-order valence-electron chi connectivity index (χ4n) is 2.75. The first-order valence-corrected chi connectivity index (χ1v) is 11.3. The third-order valence-electron chi connectivity index (χ3n) is 4.28. The van der Waals surface area contributed by atoms with Crippen molar-refractivity contribution in [1.29, 1.82) is 0 Å². The van der Waals surface area contributed by atoms with Gasteiger partial charge in [-0.25, -0.2) is 0 Å². The van der Waals surface area contributed by atoms with Gasteiger partial charge in [0.15, 0.2) is 11.9 Å². The molecule has 2 fully saturated rings. The summed E-state index contributed by atoms with van der Waals surface area (Å²) in [4.78, 5) is 13.4. The Labute approximate surface area is 154 Å². The lowest BCUT2D eigenvalue weighted by molar-refractivity contribution is 0.454. The van der Waals surface area contributed by atoms with Crippen molar-refractivity contribution >= 4 is 35.4 Å². The van der Waals surface area contributed by atoms with Crippen molar-refractivity contribution in [3.8, 4) is 0 Å². The molecule has 2 heterocycles. The maximum atomic E-state index is 6.04. The molecule has 0 aliphatic carbocycles. The molecule has 0 amide bonds. The van der Waals surface area contributed by atoms with Crippen LogP contribution in [0.5, 0.6) is 0 Å². The van der Waals surface area contributed by atoms with Gasteiger partial charge >= 0.3 is 0 Å². The van der Waals surface area contributed by atoms with Gasteiger partial charge in [0.1, 0.15) is 0 Å². The molecule has 0 aromatic carbocycles. The van der Waals surface area contributed by atoms with Crippen molar-refractivity contribution in [2.24, 2.45) is 21.5 Å². The Morgan fingerprint density at radius 1 is 0.667 bits per heavy atom. The van der Waals surface area contributed by atoms with Crippen LogP contribution in [0, 0.1) is 0 Å². The number of hydrogen-bond donors (Lipinski definition) is 2. The van der Waals surface area contributed by atoms with E-state index >= 15 is 0 Å². The summed E-state index contributed by atoms with van der Waals surface area (Å²) >= 11 is 3.98. The molecule has 8 heteroatoms. The summed E-state index contributed by atoms with van der Waals surface area (Å²) in [5.41, 5.74) is 12.1. The lowest BCUT2D eigenvalue weighted by Gasteiger charge is -2.27. The second kappa shape index (κ2) is 11.7. The average molecular weight is 373 g/mol. The van der Waals surface area contributed by atoms with Crippen molar-refractivity contribution in [1.82, 2.24) is 9.80 Å². The quantitative estimate of drug-likeness (QED) is 0.398. The molecule has 0 unspecified atom stereocenters. The summed E-state index contributed by atoms with van der Waals surface area (Å²) in [6.07, 6.45) is 4.57. The number of aliphatic imine (C=N–C) groups is 2. The highest BCUT2D eigenvalue weighted by molar-refractivity contribution is 7.99. The number of guanidine groups is 2. The Balaban J connectivity index is 1.48. The van der Waals surface area contributed by atoms with Crippen LogP contribution >= 0.6 is 23.5 Å². The molecule has 0 spiro atoms. The van der Waals surface area contributed by atoms with Crippen LogP contribution in [-0.4, -0.2) is 84.0 Å². The van der Waals surface area contributed by atoms with E-state index < -0.39 is 0 Å². The molecule has 6 nitrogen and oxygen atoms in total. The summed E-state index contributed by atoms with van der Waals surface area (Å²) in [5.74, 6) is 6.11. The minimum absolute atomic E-state index is 0.729. The molecule has 2 aliphatic heterocycles. The normalized spacial score (nSPS) is 20.5. The molecule has 0 aromatic heterocycles. The zero-order valence-electron chi connectivity index (χ0n) is 14.7. The Morgan fingerprint density at radius 3 is 1.42 bits per heavy atom. The zero-order valence-corrected chi connectivity index (χ0v) is 16.3. The first-order chi connectivity index (χ1) is 11.8. The van der Waals surface area contributed by atoms with E-state index in [0.717, 1.165) is 87.0 Å². The van der Waals surface area contributed by atoms with E-state index in [9.17, 15) is 0 Å². The van der Waals surface area contributed by atoms with Gasteiger partial charge in [0.2, 0.25) is 0 Å². The van der Waals surface area contributed by atoms with E-state index in [4.69, 9.17) is 11.5 Å². The molecule has 138 valence electrons. The Morgan fingerprint density at radius 2 is 1.04 bits per heavy atom. The number of nitrogens with zero attached hydrogens (tertiary/aromatic N) is 4. The second-order valence-corrected chi connectivity index (χ2v) is 8.54. The standard InChI is InChI=1S/C16H32N6S2/c17-15(21-7-11-23-12-8-21)19-5-3-1-2-4-6-20-16(18)22-9-13-24-14-10-22/h1-14H2,(H2,17,19)(H2,18,20).